The lowest BCUT2D eigenvalue weighted by atomic mass is 9.96. The fourth-order valence-electron chi connectivity index (χ4n) is 10.2. The summed E-state index contributed by atoms with van der Waals surface area (Å²) in [7, 11) is 0. The number of rotatable bonds is 4. The Kier molecular flexibility index (Phi) is 6.87. The van der Waals surface area contributed by atoms with E-state index in [0.717, 1.165) is 27.6 Å². The molecule has 14 rings (SSSR count). The Labute approximate surface area is 357 Å². The number of thiophene rings is 2. The van der Waals surface area contributed by atoms with E-state index in [1.165, 1.54) is 101 Å². The monoisotopic (exact) mass is 812 g/mol. The van der Waals surface area contributed by atoms with Gasteiger partial charge in [0.05, 0.1) is 38.8 Å². The van der Waals surface area contributed by atoms with Crippen molar-refractivity contribution >= 4 is 118 Å². The van der Waals surface area contributed by atoms with Crippen molar-refractivity contribution in [2.24, 2.45) is 0 Å². The predicted molar refractivity (Wildman–Crippen MR) is 262 cm³/mol. The zero-order chi connectivity index (χ0) is 39.8. The van der Waals surface area contributed by atoms with Crippen LogP contribution in [0.15, 0.2) is 199 Å². The van der Waals surface area contributed by atoms with Crippen molar-refractivity contribution < 1.29 is 4.42 Å². The first-order chi connectivity index (χ1) is 30.3. The molecule has 14 aromatic rings. The van der Waals surface area contributed by atoms with E-state index in [1.807, 2.05) is 28.7 Å². The van der Waals surface area contributed by atoms with Crippen LogP contribution in [0, 0.1) is 0 Å². The number of hydrogen-bond donors (Lipinski definition) is 0. The van der Waals surface area contributed by atoms with Crippen LogP contribution >= 0.6 is 22.7 Å². The third kappa shape index (κ3) is 4.67. The fourth-order valence-corrected chi connectivity index (χ4v) is 12.5. The van der Waals surface area contributed by atoms with E-state index in [1.54, 1.807) is 0 Å². The zero-order valence-electron chi connectivity index (χ0n) is 32.6. The van der Waals surface area contributed by atoms with Crippen molar-refractivity contribution in [2.45, 2.75) is 0 Å². The van der Waals surface area contributed by atoms with E-state index < -0.39 is 0 Å². The molecule has 0 saturated heterocycles. The fraction of sp³-hybridized carbons (Fsp3) is 0. The minimum atomic E-state index is 0.896. The molecule has 0 spiro atoms. The maximum atomic E-state index is 6.37. The van der Waals surface area contributed by atoms with Crippen LogP contribution in [-0.4, -0.2) is 9.13 Å². The van der Waals surface area contributed by atoms with Crippen molar-refractivity contribution in [3.8, 4) is 32.9 Å². The van der Waals surface area contributed by atoms with Crippen molar-refractivity contribution in [1.82, 2.24) is 9.13 Å². The lowest BCUT2D eigenvalue weighted by Crippen LogP contribution is -1.94. The van der Waals surface area contributed by atoms with E-state index in [0.29, 0.717) is 0 Å². The number of para-hydroxylation sites is 3. The predicted octanol–water partition coefficient (Wildman–Crippen LogP) is 16.7. The standard InChI is InChI=1S/C56H32N2OS2/c1-6-18-42-35(13-1)40-31-33(27-29-44(40)57(42)46-20-11-23-49-54(46)37-15-3-8-22-48(37)59-49)53-38-16-4-10-25-51(38)61-56(53)34-28-30-45-41(32-34)36-14-2-7-19-43(36)58(45)47-21-12-26-52-55(47)39-17-5-9-24-50(39)60-52/h1-32H. The number of nitrogens with zero attached hydrogens (tertiary/aromatic N) is 2. The molecule has 0 bridgehead atoms. The van der Waals surface area contributed by atoms with Crippen LogP contribution in [0.25, 0.3) is 129 Å². The van der Waals surface area contributed by atoms with Crippen LogP contribution in [-0.2, 0) is 0 Å². The first kappa shape index (κ1) is 33.4. The molecular formula is C56H32N2OS2. The SMILES string of the molecule is c1ccc2c(c1)oc1cccc(-n3c4ccccc4c4cc(-c5c(-c6ccc7c(c6)c6ccccc6n7-c6cccc7sc8ccccc8c67)sc6ccccc56)ccc43)c12. The molecule has 0 aliphatic rings. The second-order valence-electron chi connectivity index (χ2n) is 16.0. The molecule has 0 aliphatic carbocycles. The molecule has 0 atom stereocenters. The van der Waals surface area contributed by atoms with Crippen LogP contribution in [0.4, 0.5) is 0 Å². The van der Waals surface area contributed by atoms with E-state index in [2.05, 4.69) is 197 Å². The summed E-state index contributed by atoms with van der Waals surface area (Å²) in [5.41, 5.74) is 12.6. The molecule has 3 nitrogen and oxygen atoms in total. The number of benzene rings is 9. The second-order valence-corrected chi connectivity index (χ2v) is 18.1. The Hall–Kier alpha value is -7.44. The van der Waals surface area contributed by atoms with E-state index >= 15 is 0 Å². The van der Waals surface area contributed by atoms with Crippen LogP contribution in [0.3, 0.4) is 0 Å². The lowest BCUT2D eigenvalue weighted by Gasteiger charge is -2.11. The molecule has 284 valence electrons. The summed E-state index contributed by atoms with van der Waals surface area (Å²) in [6.45, 7) is 0. The summed E-state index contributed by atoms with van der Waals surface area (Å²) < 4.78 is 15.2. The third-order valence-corrected chi connectivity index (χ3v) is 15.1. The topological polar surface area (TPSA) is 23.0 Å². The zero-order valence-corrected chi connectivity index (χ0v) is 34.2. The molecule has 61 heavy (non-hydrogen) atoms. The molecule has 0 radical (unpaired) electrons. The van der Waals surface area contributed by atoms with Gasteiger partial charge in [0.15, 0.2) is 0 Å². The number of fused-ring (bicyclic) bond motifs is 13. The molecular weight excluding hydrogens is 781 g/mol. The first-order valence-corrected chi connectivity index (χ1v) is 22.3. The average Bonchev–Trinajstić information content (AvgIpc) is 4.13. The van der Waals surface area contributed by atoms with Gasteiger partial charge in [-0.25, -0.2) is 0 Å². The highest BCUT2D eigenvalue weighted by atomic mass is 32.1. The first-order valence-electron chi connectivity index (χ1n) is 20.7. The summed E-state index contributed by atoms with van der Waals surface area (Å²) in [5.74, 6) is 0. The average molecular weight is 813 g/mol. The Morgan fingerprint density at radius 1 is 0.328 bits per heavy atom. The third-order valence-electron chi connectivity index (χ3n) is 12.7. The minimum absolute atomic E-state index is 0.896. The highest BCUT2D eigenvalue weighted by Crippen LogP contribution is 2.48. The molecule has 0 amide bonds. The highest BCUT2D eigenvalue weighted by Gasteiger charge is 2.23. The quantitative estimate of drug-likeness (QED) is 0.174. The molecule has 5 heterocycles. The van der Waals surface area contributed by atoms with Gasteiger partial charge in [0.1, 0.15) is 11.2 Å². The van der Waals surface area contributed by atoms with E-state index in [9.17, 15) is 0 Å². The maximum Gasteiger partial charge on any atom is 0.137 e. The summed E-state index contributed by atoms with van der Waals surface area (Å²) in [6, 6.07) is 71.2. The van der Waals surface area contributed by atoms with E-state index in [4.69, 9.17) is 4.42 Å². The van der Waals surface area contributed by atoms with Gasteiger partial charge in [-0.1, -0.05) is 115 Å². The number of furan rings is 1. The second kappa shape index (κ2) is 12.5. The normalized spacial score (nSPS) is 12.3. The van der Waals surface area contributed by atoms with Gasteiger partial charge in [-0.3, -0.25) is 0 Å². The molecule has 9 aromatic carbocycles. The van der Waals surface area contributed by atoms with Gasteiger partial charge in [0.2, 0.25) is 0 Å². The van der Waals surface area contributed by atoms with Crippen molar-refractivity contribution in [3.63, 3.8) is 0 Å². The largest absolute Gasteiger partial charge is 0.456 e. The Bertz CT molecular complexity index is 4130. The molecule has 0 unspecified atom stereocenters. The molecule has 0 aliphatic heterocycles. The van der Waals surface area contributed by atoms with Gasteiger partial charge in [0.25, 0.3) is 0 Å². The minimum Gasteiger partial charge on any atom is -0.456 e. The molecule has 5 aromatic heterocycles. The van der Waals surface area contributed by atoms with Gasteiger partial charge in [0, 0.05) is 67.6 Å². The van der Waals surface area contributed by atoms with Gasteiger partial charge < -0.3 is 13.6 Å². The number of aromatic nitrogens is 2. The maximum absolute atomic E-state index is 6.37. The lowest BCUT2D eigenvalue weighted by molar-refractivity contribution is 0.669. The highest BCUT2D eigenvalue weighted by molar-refractivity contribution is 7.26. The van der Waals surface area contributed by atoms with Gasteiger partial charge >= 0.3 is 0 Å². The Morgan fingerprint density at radius 2 is 0.836 bits per heavy atom. The molecule has 0 saturated carbocycles. The van der Waals surface area contributed by atoms with Crippen molar-refractivity contribution in [1.29, 1.82) is 0 Å². The van der Waals surface area contributed by atoms with Crippen molar-refractivity contribution in [2.75, 3.05) is 0 Å². The van der Waals surface area contributed by atoms with Gasteiger partial charge in [-0.2, -0.15) is 0 Å². The number of hydrogen-bond acceptors (Lipinski definition) is 3. The smallest absolute Gasteiger partial charge is 0.137 e. The summed E-state index contributed by atoms with van der Waals surface area (Å²) >= 11 is 3.76. The Morgan fingerprint density at radius 3 is 1.57 bits per heavy atom. The Balaban J connectivity index is 0.995. The van der Waals surface area contributed by atoms with Crippen LogP contribution < -0.4 is 0 Å². The molecule has 0 N–H and O–H groups in total. The molecule has 5 heteroatoms. The molecule has 0 fully saturated rings. The van der Waals surface area contributed by atoms with Crippen molar-refractivity contribution in [3.05, 3.63) is 194 Å². The van der Waals surface area contributed by atoms with Crippen LogP contribution in [0.1, 0.15) is 0 Å². The van der Waals surface area contributed by atoms with Crippen LogP contribution in [0.5, 0.6) is 0 Å². The summed E-state index contributed by atoms with van der Waals surface area (Å²) in [6.07, 6.45) is 0. The van der Waals surface area contributed by atoms with Gasteiger partial charge in [-0.05, 0) is 90.0 Å². The van der Waals surface area contributed by atoms with Gasteiger partial charge in [-0.15, -0.1) is 22.7 Å². The summed E-state index contributed by atoms with van der Waals surface area (Å²) in [4.78, 5) is 1.28. The van der Waals surface area contributed by atoms with Crippen LogP contribution in [0.2, 0.25) is 0 Å². The van der Waals surface area contributed by atoms with E-state index in [-0.39, 0.29) is 0 Å². The summed E-state index contributed by atoms with van der Waals surface area (Å²) in [5, 5.41) is 11.1.